The first kappa shape index (κ1) is 20.4. The molecule has 2 aromatic rings. The van der Waals surface area contributed by atoms with Crippen LogP contribution >= 0.6 is 11.3 Å². The number of methoxy groups -OCH3 is 1. The maximum absolute atomic E-state index is 12.4. The van der Waals surface area contributed by atoms with Crippen molar-refractivity contribution in [3.63, 3.8) is 0 Å². The molecule has 1 atom stereocenters. The highest BCUT2D eigenvalue weighted by molar-refractivity contribution is 7.12. The number of nitrogens with one attached hydrogen (secondary N) is 2. The molecule has 1 aliphatic rings. The lowest BCUT2D eigenvalue weighted by molar-refractivity contribution is -0.136. The maximum Gasteiger partial charge on any atom is 0.313 e. The summed E-state index contributed by atoms with van der Waals surface area (Å²) in [6.07, 6.45) is 3.61. The summed E-state index contributed by atoms with van der Waals surface area (Å²) in [5.41, 5.74) is 0.346. The van der Waals surface area contributed by atoms with Crippen LogP contribution in [0.3, 0.4) is 0 Å². The van der Waals surface area contributed by atoms with Crippen LogP contribution in [0.2, 0.25) is 0 Å². The van der Waals surface area contributed by atoms with Gasteiger partial charge in [0.05, 0.1) is 13.2 Å². The molecule has 7 heteroatoms. The Labute approximate surface area is 168 Å². The van der Waals surface area contributed by atoms with Gasteiger partial charge in [0, 0.05) is 33.5 Å². The molecule has 2 amide bonds. The van der Waals surface area contributed by atoms with E-state index in [9.17, 15) is 14.7 Å². The van der Waals surface area contributed by atoms with Crippen LogP contribution in [0.5, 0.6) is 5.75 Å². The predicted octanol–water partition coefficient (Wildman–Crippen LogP) is 3.38. The van der Waals surface area contributed by atoms with Crippen molar-refractivity contribution in [1.29, 1.82) is 0 Å². The van der Waals surface area contributed by atoms with Crippen LogP contribution < -0.4 is 15.4 Å². The summed E-state index contributed by atoms with van der Waals surface area (Å²) in [5, 5.41) is 15.2. The molecule has 1 aromatic carbocycles. The fourth-order valence-electron chi connectivity index (χ4n) is 3.64. The molecule has 1 saturated carbocycles. The Morgan fingerprint density at radius 1 is 1.21 bits per heavy atom. The molecule has 150 valence electrons. The Morgan fingerprint density at radius 3 is 2.61 bits per heavy atom. The monoisotopic (exact) mass is 402 g/mol. The van der Waals surface area contributed by atoms with Crippen molar-refractivity contribution >= 4 is 28.8 Å². The van der Waals surface area contributed by atoms with Gasteiger partial charge >= 0.3 is 11.8 Å². The Balaban J connectivity index is 1.64. The number of aliphatic hydroxyl groups excluding tert-OH is 1. The fourth-order valence-corrected chi connectivity index (χ4v) is 4.83. The minimum atomic E-state index is -0.697. The lowest BCUT2D eigenvalue weighted by Gasteiger charge is -2.28. The Morgan fingerprint density at radius 2 is 1.96 bits per heavy atom. The Kier molecular flexibility index (Phi) is 6.36. The smallest absolute Gasteiger partial charge is 0.313 e. The molecule has 0 spiro atoms. The lowest BCUT2D eigenvalue weighted by atomic mass is 9.84. The van der Waals surface area contributed by atoms with Crippen LogP contribution in [0.4, 0.5) is 5.69 Å². The van der Waals surface area contributed by atoms with E-state index in [0.29, 0.717) is 18.0 Å². The Hall–Kier alpha value is -2.38. The van der Waals surface area contributed by atoms with Gasteiger partial charge in [-0.2, -0.15) is 0 Å². The van der Waals surface area contributed by atoms with Crippen LogP contribution in [0.25, 0.3) is 0 Å². The first-order valence-electron chi connectivity index (χ1n) is 9.45. The number of hydrogen-bond donors (Lipinski definition) is 3. The molecule has 1 heterocycles. The third kappa shape index (κ3) is 4.54. The zero-order valence-electron chi connectivity index (χ0n) is 16.2. The number of anilines is 1. The SMILES string of the molecule is COc1cccc(NC(=O)C(=O)NCC2(c3ccc(C(C)O)s3)CCCC2)c1. The molecule has 1 unspecified atom stereocenters. The van der Waals surface area contributed by atoms with Crippen molar-refractivity contribution in [2.24, 2.45) is 0 Å². The van der Waals surface area contributed by atoms with Crippen LogP contribution in [0.15, 0.2) is 36.4 Å². The van der Waals surface area contributed by atoms with Gasteiger partial charge in [0.2, 0.25) is 0 Å². The van der Waals surface area contributed by atoms with Crippen LogP contribution in [-0.4, -0.2) is 30.6 Å². The molecule has 0 aliphatic heterocycles. The third-order valence-corrected chi connectivity index (χ3v) is 6.74. The molecular weight excluding hydrogens is 376 g/mol. The van der Waals surface area contributed by atoms with E-state index in [2.05, 4.69) is 10.6 Å². The van der Waals surface area contributed by atoms with Crippen molar-refractivity contribution in [2.45, 2.75) is 44.1 Å². The van der Waals surface area contributed by atoms with Gasteiger partial charge in [0.15, 0.2) is 0 Å². The number of rotatable bonds is 6. The molecule has 0 radical (unpaired) electrons. The van der Waals surface area contributed by atoms with Gasteiger partial charge in [-0.3, -0.25) is 9.59 Å². The number of hydrogen-bond acceptors (Lipinski definition) is 5. The van der Waals surface area contributed by atoms with Crippen molar-refractivity contribution in [3.8, 4) is 5.75 Å². The minimum Gasteiger partial charge on any atom is -0.497 e. The van der Waals surface area contributed by atoms with Crippen LogP contribution in [0.1, 0.15) is 48.5 Å². The highest BCUT2D eigenvalue weighted by atomic mass is 32.1. The highest BCUT2D eigenvalue weighted by Gasteiger charge is 2.37. The van der Waals surface area contributed by atoms with E-state index in [-0.39, 0.29) is 5.41 Å². The lowest BCUT2D eigenvalue weighted by Crippen LogP contribution is -2.43. The predicted molar refractivity (Wildman–Crippen MR) is 110 cm³/mol. The highest BCUT2D eigenvalue weighted by Crippen LogP contribution is 2.44. The molecular formula is C21H26N2O4S. The van der Waals surface area contributed by atoms with Gasteiger partial charge in [-0.1, -0.05) is 18.9 Å². The number of carbonyl (C=O) groups is 2. The molecule has 6 nitrogen and oxygen atoms in total. The van der Waals surface area contributed by atoms with E-state index in [1.807, 2.05) is 12.1 Å². The molecule has 0 bridgehead atoms. The van der Waals surface area contributed by atoms with Gasteiger partial charge in [-0.25, -0.2) is 0 Å². The van der Waals surface area contributed by atoms with Crippen LogP contribution in [0, 0.1) is 0 Å². The van der Waals surface area contributed by atoms with E-state index < -0.39 is 17.9 Å². The number of aliphatic hydroxyl groups is 1. The van der Waals surface area contributed by atoms with Gasteiger partial charge in [0.25, 0.3) is 0 Å². The number of benzene rings is 1. The summed E-state index contributed by atoms with van der Waals surface area (Å²) in [6.45, 7) is 2.17. The molecule has 3 rings (SSSR count). The number of carbonyl (C=O) groups excluding carboxylic acids is 2. The Bertz CT molecular complexity index is 840. The molecule has 1 aromatic heterocycles. The second-order valence-corrected chi connectivity index (χ2v) is 8.35. The first-order valence-corrected chi connectivity index (χ1v) is 10.3. The second-order valence-electron chi connectivity index (χ2n) is 7.23. The maximum atomic E-state index is 12.4. The third-order valence-electron chi connectivity index (χ3n) is 5.24. The summed E-state index contributed by atoms with van der Waals surface area (Å²) in [5.74, 6) is -0.742. The van der Waals surface area contributed by atoms with Crippen molar-refractivity contribution in [1.82, 2.24) is 5.32 Å². The first-order chi connectivity index (χ1) is 13.4. The summed E-state index contributed by atoms with van der Waals surface area (Å²) in [6, 6.07) is 10.9. The number of ether oxygens (including phenoxy) is 1. The molecule has 1 aliphatic carbocycles. The van der Waals surface area contributed by atoms with Gasteiger partial charge in [-0.15, -0.1) is 11.3 Å². The standard InChI is InChI=1S/C21H26N2O4S/c1-14(24)17-8-9-18(28-17)21(10-3-4-11-21)13-22-19(25)20(26)23-15-6-5-7-16(12-15)27-2/h5-9,12,14,24H,3-4,10-11,13H2,1-2H3,(H,22,25)(H,23,26). The molecule has 28 heavy (non-hydrogen) atoms. The average Bonchev–Trinajstić information content (AvgIpc) is 3.36. The summed E-state index contributed by atoms with van der Waals surface area (Å²) in [7, 11) is 1.54. The van der Waals surface area contributed by atoms with E-state index in [1.165, 1.54) is 0 Å². The molecule has 1 fully saturated rings. The van der Waals surface area contributed by atoms with E-state index in [0.717, 1.165) is 35.4 Å². The summed E-state index contributed by atoms with van der Waals surface area (Å²) < 4.78 is 5.12. The largest absolute Gasteiger partial charge is 0.497 e. The number of thiophene rings is 1. The second kappa shape index (κ2) is 8.75. The fraction of sp³-hybridized carbons (Fsp3) is 0.429. The molecule has 0 saturated heterocycles. The zero-order valence-corrected chi connectivity index (χ0v) is 17.0. The van der Waals surface area contributed by atoms with Crippen molar-refractivity contribution < 1.29 is 19.4 Å². The average molecular weight is 403 g/mol. The van der Waals surface area contributed by atoms with Gasteiger partial charge < -0.3 is 20.5 Å². The van der Waals surface area contributed by atoms with Crippen molar-refractivity contribution in [3.05, 3.63) is 46.2 Å². The normalized spacial score (nSPS) is 16.4. The van der Waals surface area contributed by atoms with E-state index in [4.69, 9.17) is 4.74 Å². The van der Waals surface area contributed by atoms with Crippen molar-refractivity contribution in [2.75, 3.05) is 19.0 Å². The summed E-state index contributed by atoms with van der Waals surface area (Å²) >= 11 is 1.59. The van der Waals surface area contributed by atoms with E-state index >= 15 is 0 Å². The van der Waals surface area contributed by atoms with Gasteiger partial charge in [0.1, 0.15) is 5.75 Å². The zero-order chi connectivity index (χ0) is 20.1. The molecule has 3 N–H and O–H groups in total. The minimum absolute atomic E-state index is 0.163. The number of amides is 2. The summed E-state index contributed by atoms with van der Waals surface area (Å²) in [4.78, 5) is 26.7. The van der Waals surface area contributed by atoms with Gasteiger partial charge in [-0.05, 0) is 44.0 Å². The topological polar surface area (TPSA) is 87.7 Å². The van der Waals surface area contributed by atoms with E-state index in [1.54, 1.807) is 49.6 Å². The quantitative estimate of drug-likeness (QED) is 0.647. The van der Waals surface area contributed by atoms with Crippen LogP contribution in [-0.2, 0) is 15.0 Å².